The lowest BCUT2D eigenvalue weighted by atomic mass is 10.1. The fourth-order valence-corrected chi connectivity index (χ4v) is 5.54. The molecule has 0 aliphatic carbocycles. The number of sulfonamides is 1. The van der Waals surface area contributed by atoms with Crippen LogP contribution in [0.15, 0.2) is 73.1 Å². The number of benzene rings is 2. The van der Waals surface area contributed by atoms with E-state index in [4.69, 9.17) is 4.74 Å². The number of ether oxygens (including phenoxy) is 1. The normalized spacial score (nSPS) is 14.8. The van der Waals surface area contributed by atoms with Crippen LogP contribution in [0.3, 0.4) is 0 Å². The summed E-state index contributed by atoms with van der Waals surface area (Å²) in [6.07, 6.45) is 5.16. The fourth-order valence-electron chi connectivity index (χ4n) is 4.33. The van der Waals surface area contributed by atoms with E-state index in [9.17, 15) is 13.7 Å². The fraction of sp³-hybridized carbons (Fsp3) is 0.214. The highest BCUT2D eigenvalue weighted by molar-refractivity contribution is 7.91. The first-order chi connectivity index (χ1) is 19.4. The van der Waals surface area contributed by atoms with Gasteiger partial charge in [-0.2, -0.15) is 5.26 Å². The van der Waals surface area contributed by atoms with Gasteiger partial charge in [-0.1, -0.05) is 30.3 Å². The van der Waals surface area contributed by atoms with E-state index in [1.54, 1.807) is 60.8 Å². The van der Waals surface area contributed by atoms with Crippen molar-refractivity contribution in [3.63, 3.8) is 0 Å². The predicted molar refractivity (Wildman–Crippen MR) is 156 cm³/mol. The minimum absolute atomic E-state index is 0. The predicted octanol–water partition coefficient (Wildman–Crippen LogP) is 4.87. The van der Waals surface area contributed by atoms with Crippen molar-refractivity contribution in [1.82, 2.24) is 20.3 Å². The molecule has 0 bridgehead atoms. The van der Waals surface area contributed by atoms with Gasteiger partial charge in [0.2, 0.25) is 21.9 Å². The first kappa shape index (κ1) is 29.7. The average molecular weight is 596 g/mol. The summed E-state index contributed by atoms with van der Waals surface area (Å²) in [5, 5.41) is 16.3. The number of anilines is 2. The molecular weight excluding hydrogens is 569 g/mol. The molecule has 0 unspecified atom stereocenters. The highest BCUT2D eigenvalue weighted by Crippen LogP contribution is 2.34. The number of halogens is 2. The number of rotatable bonds is 9. The van der Waals surface area contributed by atoms with Gasteiger partial charge in [-0.05, 0) is 55.3 Å². The summed E-state index contributed by atoms with van der Waals surface area (Å²) in [5.41, 5.74) is 0.861. The number of nitrogens with zero attached hydrogens (tertiary/aromatic N) is 4. The quantitative estimate of drug-likeness (QED) is 0.247. The number of aromatic nitrogens is 3. The summed E-state index contributed by atoms with van der Waals surface area (Å²) in [7, 11) is -3.91. The van der Waals surface area contributed by atoms with Gasteiger partial charge < -0.3 is 15.4 Å². The number of nitriles is 1. The van der Waals surface area contributed by atoms with Crippen molar-refractivity contribution in [1.29, 1.82) is 5.26 Å². The summed E-state index contributed by atoms with van der Waals surface area (Å²) >= 11 is 0. The standard InChI is InChI=1S/C28H26FN7O3S.ClH/c29-26-22(16-30)24(36-40(37,38)18-19-6-2-1-3-7-19)10-11-25(26)39-27-21(9-5-14-32-27)23-12-15-33-28(35-23)34-20-8-4-13-31-17-20;/h1-3,5-7,9-12,14-15,20,31,36H,4,8,13,17-18H2,(H,33,34,35);1H/t20-;/m0./s1. The molecule has 41 heavy (non-hydrogen) atoms. The first-order valence-electron chi connectivity index (χ1n) is 12.6. The molecule has 1 aliphatic rings. The Kier molecular flexibility index (Phi) is 9.67. The van der Waals surface area contributed by atoms with Crippen LogP contribution in [0.1, 0.15) is 24.0 Å². The maximum atomic E-state index is 15.4. The van der Waals surface area contributed by atoms with E-state index in [0.717, 1.165) is 25.9 Å². The second-order valence-electron chi connectivity index (χ2n) is 9.17. The number of hydrogen-bond acceptors (Lipinski definition) is 9. The lowest BCUT2D eigenvalue weighted by molar-refractivity contribution is 0.428. The van der Waals surface area contributed by atoms with Gasteiger partial charge in [0.05, 0.1) is 22.7 Å². The SMILES string of the molecule is Cl.N#Cc1c(NS(=O)(=O)Cc2ccccc2)ccc(Oc2ncccc2-c2ccnc(N[C@H]3CCCNC3)n2)c1F. The zero-order valence-corrected chi connectivity index (χ0v) is 23.4. The highest BCUT2D eigenvalue weighted by Gasteiger charge is 2.21. The van der Waals surface area contributed by atoms with Gasteiger partial charge in [-0.25, -0.2) is 27.8 Å². The molecule has 3 heterocycles. The third-order valence-corrected chi connectivity index (χ3v) is 7.47. The van der Waals surface area contributed by atoms with Gasteiger partial charge in [0.25, 0.3) is 0 Å². The van der Waals surface area contributed by atoms with Crippen LogP contribution >= 0.6 is 12.4 Å². The van der Waals surface area contributed by atoms with Crippen molar-refractivity contribution in [2.24, 2.45) is 0 Å². The van der Waals surface area contributed by atoms with Crippen LogP contribution in [0.4, 0.5) is 16.0 Å². The van der Waals surface area contributed by atoms with Gasteiger partial charge in [0, 0.05) is 25.0 Å². The van der Waals surface area contributed by atoms with E-state index in [0.29, 0.717) is 22.8 Å². The molecule has 3 N–H and O–H groups in total. The Morgan fingerprint density at radius 2 is 1.90 bits per heavy atom. The molecule has 1 atom stereocenters. The van der Waals surface area contributed by atoms with Gasteiger partial charge in [0.15, 0.2) is 11.6 Å². The van der Waals surface area contributed by atoms with E-state index in [-0.39, 0.29) is 41.5 Å². The van der Waals surface area contributed by atoms with E-state index in [2.05, 4.69) is 30.3 Å². The molecule has 10 nitrogen and oxygen atoms in total. The van der Waals surface area contributed by atoms with E-state index in [1.165, 1.54) is 18.3 Å². The number of nitrogens with one attached hydrogen (secondary N) is 3. The van der Waals surface area contributed by atoms with Gasteiger partial charge >= 0.3 is 0 Å². The van der Waals surface area contributed by atoms with Crippen LogP contribution in [0.2, 0.25) is 0 Å². The Morgan fingerprint density at radius 3 is 2.66 bits per heavy atom. The van der Waals surface area contributed by atoms with Crippen LogP contribution in [0.25, 0.3) is 11.3 Å². The van der Waals surface area contributed by atoms with Gasteiger partial charge in [0.1, 0.15) is 11.6 Å². The second kappa shape index (κ2) is 13.4. The second-order valence-corrected chi connectivity index (χ2v) is 10.9. The van der Waals surface area contributed by atoms with E-state index < -0.39 is 21.4 Å². The number of pyridine rings is 1. The van der Waals surface area contributed by atoms with Crippen LogP contribution < -0.4 is 20.1 Å². The zero-order chi connectivity index (χ0) is 28.0. The number of hydrogen-bond donors (Lipinski definition) is 3. The van der Waals surface area contributed by atoms with Crippen LogP contribution in [-0.4, -0.2) is 42.5 Å². The molecule has 5 rings (SSSR count). The van der Waals surface area contributed by atoms with Gasteiger partial charge in [-0.15, -0.1) is 12.4 Å². The summed E-state index contributed by atoms with van der Waals surface area (Å²) in [5.74, 6) is -1.13. The van der Waals surface area contributed by atoms with Crippen LogP contribution in [0.5, 0.6) is 11.6 Å². The van der Waals surface area contributed by atoms with Crippen molar-refractivity contribution >= 4 is 34.1 Å². The lowest BCUT2D eigenvalue weighted by Gasteiger charge is -2.23. The third kappa shape index (κ3) is 7.46. The zero-order valence-electron chi connectivity index (χ0n) is 21.7. The molecular formula is C28H27ClFN7O3S. The Bertz CT molecular complexity index is 1650. The molecule has 4 aromatic rings. The molecule has 1 saturated heterocycles. The largest absolute Gasteiger partial charge is 0.435 e. The highest BCUT2D eigenvalue weighted by atomic mass is 35.5. The van der Waals surface area contributed by atoms with Crippen molar-refractivity contribution in [2.75, 3.05) is 23.1 Å². The minimum Gasteiger partial charge on any atom is -0.435 e. The van der Waals surface area contributed by atoms with E-state index in [1.807, 2.05) is 0 Å². The lowest BCUT2D eigenvalue weighted by Crippen LogP contribution is -2.38. The summed E-state index contributed by atoms with van der Waals surface area (Å²) in [6, 6.07) is 18.1. The monoisotopic (exact) mass is 595 g/mol. The molecule has 212 valence electrons. The first-order valence-corrected chi connectivity index (χ1v) is 14.3. The van der Waals surface area contributed by atoms with Crippen LogP contribution in [0, 0.1) is 17.1 Å². The molecule has 2 aromatic carbocycles. The number of piperidine rings is 1. The molecule has 0 radical (unpaired) electrons. The smallest absolute Gasteiger partial charge is 0.236 e. The van der Waals surface area contributed by atoms with Crippen molar-refractivity contribution in [3.05, 3.63) is 90.0 Å². The van der Waals surface area contributed by atoms with Crippen LogP contribution in [-0.2, 0) is 15.8 Å². The Morgan fingerprint density at radius 1 is 1.07 bits per heavy atom. The molecule has 13 heteroatoms. The molecule has 0 spiro atoms. The van der Waals surface area contributed by atoms with Crippen molar-refractivity contribution < 1.29 is 17.5 Å². The maximum Gasteiger partial charge on any atom is 0.236 e. The van der Waals surface area contributed by atoms with Gasteiger partial charge in [-0.3, -0.25) is 4.72 Å². The average Bonchev–Trinajstić information content (AvgIpc) is 2.96. The Labute approximate surface area is 243 Å². The molecule has 2 aromatic heterocycles. The molecule has 1 fully saturated rings. The summed E-state index contributed by atoms with van der Waals surface area (Å²) < 4.78 is 48.9. The molecule has 1 aliphatic heterocycles. The summed E-state index contributed by atoms with van der Waals surface area (Å²) in [4.78, 5) is 13.1. The Balaban J connectivity index is 0.00000387. The van der Waals surface area contributed by atoms with E-state index >= 15 is 4.39 Å². The Hall–Kier alpha value is -4.31. The third-order valence-electron chi connectivity index (χ3n) is 6.22. The minimum atomic E-state index is -3.91. The summed E-state index contributed by atoms with van der Waals surface area (Å²) in [6.45, 7) is 1.80. The van der Waals surface area contributed by atoms with Crippen molar-refractivity contribution in [2.45, 2.75) is 24.6 Å². The maximum absolute atomic E-state index is 15.4. The van der Waals surface area contributed by atoms with Crippen molar-refractivity contribution in [3.8, 4) is 29.0 Å². The topological polar surface area (TPSA) is 142 Å². The molecule has 0 amide bonds. The molecule has 0 saturated carbocycles.